The van der Waals surface area contributed by atoms with Gasteiger partial charge in [-0.05, 0) is 18.8 Å². The Bertz CT molecular complexity index is 302. The van der Waals surface area contributed by atoms with Gasteiger partial charge in [-0.2, -0.15) is 0 Å². The van der Waals surface area contributed by atoms with Crippen LogP contribution in [0, 0.1) is 5.92 Å². The van der Waals surface area contributed by atoms with Crippen molar-refractivity contribution in [2.75, 3.05) is 6.61 Å². The summed E-state index contributed by atoms with van der Waals surface area (Å²) in [5, 5.41) is 0. The molecule has 0 spiro atoms. The zero-order chi connectivity index (χ0) is 10.5. The first kappa shape index (κ1) is 10.2. The Labute approximate surface area is 89.3 Å². The van der Waals surface area contributed by atoms with Gasteiger partial charge in [0, 0.05) is 12.4 Å². The molecule has 0 saturated heterocycles. The smallest absolute Gasteiger partial charge is 0.419 e. The summed E-state index contributed by atoms with van der Waals surface area (Å²) in [6, 6.07) is 0. The number of imidazole rings is 1. The highest BCUT2D eigenvalue weighted by atomic mass is 16.5. The molecular formula is C11H16N2O2. The van der Waals surface area contributed by atoms with E-state index in [1.165, 1.54) is 43.0 Å². The van der Waals surface area contributed by atoms with Gasteiger partial charge in [0.25, 0.3) is 0 Å². The second kappa shape index (κ2) is 4.96. The van der Waals surface area contributed by atoms with Crippen molar-refractivity contribution in [1.29, 1.82) is 0 Å². The molecule has 1 fully saturated rings. The Balaban J connectivity index is 1.75. The highest BCUT2D eigenvalue weighted by Crippen LogP contribution is 2.23. The Morgan fingerprint density at radius 3 is 2.87 bits per heavy atom. The fraction of sp³-hybridized carbons (Fsp3) is 0.636. The summed E-state index contributed by atoms with van der Waals surface area (Å²) in [6.07, 6.45) is 10.6. The Morgan fingerprint density at radius 1 is 1.40 bits per heavy atom. The fourth-order valence-electron chi connectivity index (χ4n) is 1.98. The molecule has 0 N–H and O–H groups in total. The monoisotopic (exact) mass is 208 g/mol. The first-order chi connectivity index (χ1) is 7.36. The van der Waals surface area contributed by atoms with E-state index in [9.17, 15) is 4.79 Å². The van der Waals surface area contributed by atoms with E-state index < -0.39 is 0 Å². The van der Waals surface area contributed by atoms with Crippen molar-refractivity contribution in [3.05, 3.63) is 18.7 Å². The molecule has 0 amide bonds. The molecule has 0 unspecified atom stereocenters. The van der Waals surface area contributed by atoms with Crippen molar-refractivity contribution in [3.63, 3.8) is 0 Å². The minimum atomic E-state index is -0.321. The Morgan fingerprint density at radius 2 is 2.20 bits per heavy atom. The predicted octanol–water partition coefficient (Wildman–Crippen LogP) is 2.45. The molecule has 1 saturated carbocycles. The lowest BCUT2D eigenvalue weighted by atomic mass is 9.90. The quantitative estimate of drug-likeness (QED) is 0.749. The number of carbonyl (C=O) groups is 1. The molecule has 1 aromatic rings. The van der Waals surface area contributed by atoms with Gasteiger partial charge < -0.3 is 4.74 Å². The molecule has 0 aromatic carbocycles. The molecule has 1 aromatic heterocycles. The van der Waals surface area contributed by atoms with Gasteiger partial charge in [-0.1, -0.05) is 19.3 Å². The van der Waals surface area contributed by atoms with Crippen LogP contribution in [0.2, 0.25) is 0 Å². The highest BCUT2D eigenvalue weighted by molar-refractivity contribution is 5.69. The molecule has 0 bridgehead atoms. The topological polar surface area (TPSA) is 44.1 Å². The van der Waals surface area contributed by atoms with E-state index in [2.05, 4.69) is 4.98 Å². The zero-order valence-electron chi connectivity index (χ0n) is 8.76. The summed E-state index contributed by atoms with van der Waals surface area (Å²) in [7, 11) is 0. The van der Waals surface area contributed by atoms with Crippen molar-refractivity contribution in [2.24, 2.45) is 5.92 Å². The van der Waals surface area contributed by atoms with Crippen molar-refractivity contribution >= 4 is 6.09 Å². The summed E-state index contributed by atoms with van der Waals surface area (Å²) < 4.78 is 6.57. The van der Waals surface area contributed by atoms with Gasteiger partial charge in [-0.3, -0.25) is 0 Å². The molecule has 4 heteroatoms. The second-order valence-corrected chi connectivity index (χ2v) is 4.05. The zero-order valence-corrected chi connectivity index (χ0v) is 8.76. The normalized spacial score (nSPS) is 17.6. The van der Waals surface area contributed by atoms with Gasteiger partial charge in [0.2, 0.25) is 0 Å². The van der Waals surface area contributed by atoms with Crippen LogP contribution in [-0.2, 0) is 4.74 Å². The average Bonchev–Trinajstić information content (AvgIpc) is 2.81. The largest absolute Gasteiger partial charge is 0.449 e. The lowest BCUT2D eigenvalue weighted by Crippen LogP contribution is -2.19. The van der Waals surface area contributed by atoms with Crippen LogP contribution in [-0.4, -0.2) is 22.3 Å². The van der Waals surface area contributed by atoms with Gasteiger partial charge in [0.15, 0.2) is 0 Å². The van der Waals surface area contributed by atoms with Crippen LogP contribution in [0.15, 0.2) is 18.7 Å². The molecule has 0 radical (unpaired) electrons. The van der Waals surface area contributed by atoms with Crippen molar-refractivity contribution < 1.29 is 9.53 Å². The second-order valence-electron chi connectivity index (χ2n) is 4.05. The van der Waals surface area contributed by atoms with Crippen LogP contribution in [0.5, 0.6) is 0 Å². The van der Waals surface area contributed by atoms with Crippen LogP contribution >= 0.6 is 0 Å². The SMILES string of the molecule is O=C(OCC1CCCCC1)n1ccnc1. The van der Waals surface area contributed by atoms with E-state index in [-0.39, 0.29) is 6.09 Å². The van der Waals surface area contributed by atoms with E-state index in [0.29, 0.717) is 12.5 Å². The Hall–Kier alpha value is -1.32. The summed E-state index contributed by atoms with van der Waals surface area (Å²) in [5.74, 6) is 0.561. The van der Waals surface area contributed by atoms with Crippen LogP contribution in [0.25, 0.3) is 0 Å². The van der Waals surface area contributed by atoms with Crippen LogP contribution < -0.4 is 0 Å². The first-order valence-electron chi connectivity index (χ1n) is 5.51. The summed E-state index contributed by atoms with van der Waals surface area (Å²) in [6.45, 7) is 0.553. The molecule has 1 aliphatic rings. The number of nitrogens with zero attached hydrogens (tertiary/aromatic N) is 2. The molecule has 4 nitrogen and oxygen atoms in total. The number of hydrogen-bond acceptors (Lipinski definition) is 3. The maximum atomic E-state index is 11.4. The van der Waals surface area contributed by atoms with E-state index in [4.69, 9.17) is 4.74 Å². The molecular weight excluding hydrogens is 192 g/mol. The lowest BCUT2D eigenvalue weighted by Gasteiger charge is -2.20. The molecule has 15 heavy (non-hydrogen) atoms. The standard InChI is InChI=1S/C11H16N2O2/c14-11(13-7-6-12-9-13)15-8-10-4-2-1-3-5-10/h6-7,9-10H,1-5,8H2. The fourth-order valence-corrected chi connectivity index (χ4v) is 1.98. The average molecular weight is 208 g/mol. The molecule has 2 rings (SSSR count). The predicted molar refractivity (Wildman–Crippen MR) is 55.5 cm³/mol. The van der Waals surface area contributed by atoms with E-state index in [1.54, 1.807) is 12.4 Å². The number of rotatable bonds is 2. The lowest BCUT2D eigenvalue weighted by molar-refractivity contribution is 0.117. The third-order valence-electron chi connectivity index (χ3n) is 2.88. The minimum Gasteiger partial charge on any atom is -0.449 e. The maximum absolute atomic E-state index is 11.4. The van der Waals surface area contributed by atoms with Gasteiger partial charge in [-0.25, -0.2) is 14.3 Å². The molecule has 0 atom stereocenters. The summed E-state index contributed by atoms with van der Waals surface area (Å²) in [5.41, 5.74) is 0. The third kappa shape index (κ3) is 2.81. The van der Waals surface area contributed by atoms with Gasteiger partial charge in [-0.15, -0.1) is 0 Å². The van der Waals surface area contributed by atoms with Crippen LogP contribution in [0.3, 0.4) is 0 Å². The summed E-state index contributed by atoms with van der Waals surface area (Å²) in [4.78, 5) is 15.2. The number of ether oxygens (including phenoxy) is 1. The first-order valence-corrected chi connectivity index (χ1v) is 5.51. The molecule has 1 heterocycles. The summed E-state index contributed by atoms with van der Waals surface area (Å²) >= 11 is 0. The van der Waals surface area contributed by atoms with Crippen LogP contribution in [0.4, 0.5) is 4.79 Å². The Kier molecular flexibility index (Phi) is 3.37. The van der Waals surface area contributed by atoms with E-state index in [0.717, 1.165) is 0 Å². The maximum Gasteiger partial charge on any atom is 0.419 e. The number of hydrogen-bond donors (Lipinski definition) is 0. The van der Waals surface area contributed by atoms with E-state index >= 15 is 0 Å². The van der Waals surface area contributed by atoms with Crippen molar-refractivity contribution in [3.8, 4) is 0 Å². The minimum absolute atomic E-state index is 0.321. The number of carbonyl (C=O) groups excluding carboxylic acids is 1. The van der Waals surface area contributed by atoms with Crippen molar-refractivity contribution in [2.45, 2.75) is 32.1 Å². The third-order valence-corrected chi connectivity index (χ3v) is 2.88. The van der Waals surface area contributed by atoms with Crippen LogP contribution in [0.1, 0.15) is 32.1 Å². The number of aromatic nitrogens is 2. The molecule has 1 aliphatic carbocycles. The van der Waals surface area contributed by atoms with E-state index in [1.807, 2.05) is 0 Å². The van der Waals surface area contributed by atoms with Gasteiger partial charge in [0.05, 0.1) is 6.61 Å². The molecule has 82 valence electrons. The van der Waals surface area contributed by atoms with Gasteiger partial charge >= 0.3 is 6.09 Å². The molecule has 0 aliphatic heterocycles. The highest BCUT2D eigenvalue weighted by Gasteiger charge is 2.15. The van der Waals surface area contributed by atoms with Crippen molar-refractivity contribution in [1.82, 2.24) is 9.55 Å². The van der Waals surface area contributed by atoms with Gasteiger partial charge in [0.1, 0.15) is 6.33 Å².